The van der Waals surface area contributed by atoms with E-state index < -0.39 is 10.0 Å². The number of rotatable bonds is 4. The molecule has 5 nitrogen and oxygen atoms in total. The van der Waals surface area contributed by atoms with Crippen molar-refractivity contribution in [1.29, 1.82) is 5.26 Å². The second kappa shape index (κ2) is 5.62. The summed E-state index contributed by atoms with van der Waals surface area (Å²) in [4.78, 5) is 1.96. The molecule has 0 saturated heterocycles. The Balaban J connectivity index is 2.34. The molecule has 1 aromatic carbocycles. The predicted molar refractivity (Wildman–Crippen MR) is 83.8 cm³/mol. The molecule has 21 heavy (non-hydrogen) atoms. The number of nitrogens with one attached hydrogen (secondary N) is 1. The Morgan fingerprint density at radius 3 is 2.52 bits per heavy atom. The molecule has 0 unspecified atom stereocenters. The van der Waals surface area contributed by atoms with E-state index in [2.05, 4.69) is 17.4 Å². The highest BCUT2D eigenvalue weighted by atomic mass is 32.2. The molecular formula is C15H17N3O2S. The van der Waals surface area contributed by atoms with Crippen molar-refractivity contribution in [3.05, 3.63) is 47.6 Å². The lowest BCUT2D eigenvalue weighted by molar-refractivity contribution is 0.547. The molecule has 0 bridgehead atoms. The number of nitriles is 1. The van der Waals surface area contributed by atoms with Gasteiger partial charge in [0.05, 0.1) is 17.0 Å². The largest absolute Gasteiger partial charge is 0.369 e. The summed E-state index contributed by atoms with van der Waals surface area (Å²) in [6, 6.07) is 9.17. The Bertz CT molecular complexity index is 740. The second-order valence-corrected chi connectivity index (χ2v) is 6.89. The number of hydrogen-bond donors (Lipinski definition) is 1. The van der Waals surface area contributed by atoms with Crippen LogP contribution in [0.1, 0.15) is 12.5 Å². The third-order valence-corrected chi connectivity index (χ3v) is 4.63. The van der Waals surface area contributed by atoms with Crippen molar-refractivity contribution in [2.75, 3.05) is 24.1 Å². The van der Waals surface area contributed by atoms with Gasteiger partial charge in [0.2, 0.25) is 10.0 Å². The third kappa shape index (κ3) is 3.09. The van der Waals surface area contributed by atoms with E-state index in [1.54, 1.807) is 31.2 Å². The number of sulfonamides is 1. The van der Waals surface area contributed by atoms with Crippen LogP contribution in [0.2, 0.25) is 0 Å². The lowest BCUT2D eigenvalue weighted by Crippen LogP contribution is -2.15. The normalized spacial score (nSPS) is 15.3. The summed E-state index contributed by atoms with van der Waals surface area (Å²) in [7, 11) is -1.38. The molecule has 2 rings (SSSR count). The highest BCUT2D eigenvalue weighted by Gasteiger charge is 2.23. The van der Waals surface area contributed by atoms with Crippen LogP contribution >= 0.6 is 0 Å². The van der Waals surface area contributed by atoms with Crippen LogP contribution < -0.4 is 4.72 Å². The maximum absolute atomic E-state index is 11.5. The van der Waals surface area contributed by atoms with Crippen molar-refractivity contribution >= 4 is 21.4 Å². The summed E-state index contributed by atoms with van der Waals surface area (Å²) in [5.41, 5.74) is 3.59. The third-order valence-electron chi connectivity index (χ3n) is 3.32. The molecule has 1 aliphatic heterocycles. The smallest absolute Gasteiger partial charge is 0.232 e. The molecule has 0 spiro atoms. The monoisotopic (exact) mass is 303 g/mol. The van der Waals surface area contributed by atoms with Gasteiger partial charge in [0.15, 0.2) is 0 Å². The van der Waals surface area contributed by atoms with Crippen LogP contribution in [-0.4, -0.2) is 32.7 Å². The molecule has 0 radical (unpaired) electrons. The molecule has 1 aromatic rings. The van der Waals surface area contributed by atoms with E-state index >= 15 is 0 Å². The van der Waals surface area contributed by atoms with Gasteiger partial charge in [-0.3, -0.25) is 4.72 Å². The molecule has 0 amide bonds. The molecule has 1 aliphatic rings. The first-order valence-electron chi connectivity index (χ1n) is 6.52. The van der Waals surface area contributed by atoms with Crippen LogP contribution in [0.4, 0.5) is 5.69 Å². The standard InChI is InChI=1S/C15H17N3O2S/c1-4-21(19,20)17-13-7-5-12(6-8-13)15-14(9-16)11(2)10-18(15)3/h5-8,17H,2,4,10H2,1,3H3. The SMILES string of the molecule is C=C1CN(C)C(c2ccc(NS(=O)(=O)CC)cc2)=C1C#N. The van der Waals surface area contributed by atoms with Gasteiger partial charge in [0.25, 0.3) is 0 Å². The molecule has 1 heterocycles. The van der Waals surface area contributed by atoms with Crippen molar-refractivity contribution in [2.24, 2.45) is 0 Å². The van der Waals surface area contributed by atoms with Crippen LogP contribution in [0.3, 0.4) is 0 Å². The summed E-state index contributed by atoms with van der Waals surface area (Å²) in [6.45, 7) is 6.11. The fourth-order valence-corrected chi connectivity index (χ4v) is 2.89. The lowest BCUT2D eigenvalue weighted by atomic mass is 10.1. The van der Waals surface area contributed by atoms with Crippen molar-refractivity contribution in [3.8, 4) is 6.07 Å². The topological polar surface area (TPSA) is 73.2 Å². The molecule has 0 aliphatic carbocycles. The first-order valence-corrected chi connectivity index (χ1v) is 8.17. The number of benzene rings is 1. The quantitative estimate of drug-likeness (QED) is 0.925. The van der Waals surface area contributed by atoms with E-state index in [0.29, 0.717) is 17.8 Å². The second-order valence-electron chi connectivity index (χ2n) is 4.88. The van der Waals surface area contributed by atoms with Crippen molar-refractivity contribution in [3.63, 3.8) is 0 Å². The highest BCUT2D eigenvalue weighted by Crippen LogP contribution is 2.32. The van der Waals surface area contributed by atoms with E-state index in [-0.39, 0.29) is 5.75 Å². The molecular weight excluding hydrogens is 286 g/mol. The molecule has 0 aromatic heterocycles. The van der Waals surface area contributed by atoms with Crippen molar-refractivity contribution < 1.29 is 8.42 Å². The van der Waals surface area contributed by atoms with Gasteiger partial charge in [0, 0.05) is 19.3 Å². The average molecular weight is 303 g/mol. The van der Waals surface area contributed by atoms with Crippen LogP contribution in [0.25, 0.3) is 5.70 Å². The average Bonchev–Trinajstić information content (AvgIpc) is 2.73. The van der Waals surface area contributed by atoms with Gasteiger partial charge in [-0.25, -0.2) is 8.42 Å². The number of likely N-dealkylation sites (N-methyl/N-ethyl adjacent to an activating group) is 1. The Kier molecular flexibility index (Phi) is 4.05. The first kappa shape index (κ1) is 15.1. The van der Waals surface area contributed by atoms with E-state index in [4.69, 9.17) is 0 Å². The van der Waals surface area contributed by atoms with Gasteiger partial charge in [0.1, 0.15) is 6.07 Å². The fourth-order valence-electron chi connectivity index (χ4n) is 2.25. The zero-order valence-electron chi connectivity index (χ0n) is 12.0. The Labute approximate surface area is 125 Å². The molecule has 110 valence electrons. The van der Waals surface area contributed by atoms with Crippen LogP contribution in [-0.2, 0) is 10.0 Å². The molecule has 1 N–H and O–H groups in total. The number of hydrogen-bond acceptors (Lipinski definition) is 4. The lowest BCUT2D eigenvalue weighted by Gasteiger charge is -2.16. The van der Waals surface area contributed by atoms with Crippen molar-refractivity contribution in [1.82, 2.24) is 4.90 Å². The minimum atomic E-state index is -3.28. The zero-order valence-corrected chi connectivity index (χ0v) is 12.9. The Morgan fingerprint density at radius 2 is 2.00 bits per heavy atom. The molecule has 6 heteroatoms. The minimum Gasteiger partial charge on any atom is -0.369 e. The van der Waals surface area contributed by atoms with Crippen LogP contribution in [0, 0.1) is 11.3 Å². The summed E-state index contributed by atoms with van der Waals surface area (Å²) >= 11 is 0. The van der Waals surface area contributed by atoms with E-state index in [1.165, 1.54) is 0 Å². The fraction of sp³-hybridized carbons (Fsp3) is 0.267. The number of nitrogens with zero attached hydrogens (tertiary/aromatic N) is 2. The zero-order chi connectivity index (χ0) is 15.6. The molecule has 0 saturated carbocycles. The van der Waals surface area contributed by atoms with Gasteiger partial charge in [-0.2, -0.15) is 5.26 Å². The van der Waals surface area contributed by atoms with Gasteiger partial charge in [-0.1, -0.05) is 18.7 Å². The van der Waals surface area contributed by atoms with Gasteiger partial charge < -0.3 is 4.90 Å². The van der Waals surface area contributed by atoms with E-state index in [0.717, 1.165) is 16.8 Å². The van der Waals surface area contributed by atoms with Gasteiger partial charge in [-0.05, 0) is 30.2 Å². The summed E-state index contributed by atoms with van der Waals surface area (Å²) in [5.74, 6) is 0.0288. The highest BCUT2D eigenvalue weighted by molar-refractivity contribution is 7.92. The minimum absolute atomic E-state index is 0.0288. The maximum atomic E-state index is 11.5. The van der Waals surface area contributed by atoms with Gasteiger partial charge in [-0.15, -0.1) is 0 Å². The van der Waals surface area contributed by atoms with E-state index in [9.17, 15) is 13.7 Å². The molecule has 0 atom stereocenters. The first-order chi connectivity index (χ1) is 9.88. The van der Waals surface area contributed by atoms with Gasteiger partial charge >= 0.3 is 0 Å². The summed E-state index contributed by atoms with van der Waals surface area (Å²) in [6.07, 6.45) is 0. The predicted octanol–water partition coefficient (Wildman–Crippen LogP) is 2.18. The summed E-state index contributed by atoms with van der Waals surface area (Å²) in [5, 5.41) is 9.24. The molecule has 0 fully saturated rings. The van der Waals surface area contributed by atoms with Crippen molar-refractivity contribution in [2.45, 2.75) is 6.92 Å². The van der Waals surface area contributed by atoms with Crippen LogP contribution in [0.5, 0.6) is 0 Å². The maximum Gasteiger partial charge on any atom is 0.232 e. The Morgan fingerprint density at radius 1 is 1.38 bits per heavy atom. The summed E-state index contributed by atoms with van der Waals surface area (Å²) < 4.78 is 25.5. The Hall–Kier alpha value is -2.26. The number of anilines is 1. The van der Waals surface area contributed by atoms with Crippen LogP contribution in [0.15, 0.2) is 42.0 Å². The van der Waals surface area contributed by atoms with E-state index in [1.807, 2.05) is 11.9 Å².